The van der Waals surface area contributed by atoms with Crippen LogP contribution in [-0.2, 0) is 19.6 Å². The molecule has 0 amide bonds. The van der Waals surface area contributed by atoms with Crippen LogP contribution >= 0.6 is 0 Å². The lowest BCUT2D eigenvalue weighted by Crippen LogP contribution is -2.40. The maximum absolute atomic E-state index is 12.3. The molecular weight excluding hydrogens is 356 g/mol. The summed E-state index contributed by atoms with van der Waals surface area (Å²) in [6, 6.07) is 5.85. The minimum absolute atomic E-state index is 0.0485. The number of aryl methyl sites for hydroxylation is 2. The Bertz CT molecular complexity index is 895. The van der Waals surface area contributed by atoms with Crippen molar-refractivity contribution < 1.29 is 22.7 Å². The summed E-state index contributed by atoms with van der Waals surface area (Å²) < 4.78 is 37.9. The number of rotatable bonds is 5. The summed E-state index contributed by atoms with van der Waals surface area (Å²) >= 11 is 0. The minimum Gasteiger partial charge on any atom is -0.490 e. The number of esters is 1. The molecule has 1 aromatic carbocycles. The fourth-order valence-electron chi connectivity index (χ4n) is 2.76. The SMILES string of the molecule is Cc1cc(C)cc(OCCOC(=O)C2=CC=CN3CCS(=O)(=O)N=C23)c1. The van der Waals surface area contributed by atoms with Gasteiger partial charge in [-0.05, 0) is 49.3 Å². The average molecular weight is 376 g/mol. The van der Waals surface area contributed by atoms with E-state index in [1.165, 1.54) is 6.08 Å². The Hall–Kier alpha value is -2.61. The molecule has 0 spiro atoms. The maximum atomic E-state index is 12.3. The normalized spacial score (nSPS) is 17.8. The van der Waals surface area contributed by atoms with Crippen LogP contribution in [0, 0.1) is 13.8 Å². The van der Waals surface area contributed by atoms with Crippen LogP contribution in [0.15, 0.2) is 46.5 Å². The van der Waals surface area contributed by atoms with Gasteiger partial charge in [-0.2, -0.15) is 0 Å². The van der Waals surface area contributed by atoms with Gasteiger partial charge in [-0.25, -0.2) is 13.2 Å². The second-order valence-corrected chi connectivity index (χ2v) is 7.88. The zero-order chi connectivity index (χ0) is 18.7. The lowest BCUT2D eigenvalue weighted by Gasteiger charge is -2.28. The number of carbonyl (C=O) groups excluding carboxylic acids is 1. The molecule has 2 heterocycles. The number of nitrogens with zero attached hydrogens (tertiary/aromatic N) is 2. The molecule has 0 fully saturated rings. The Morgan fingerprint density at radius 1 is 1.19 bits per heavy atom. The Balaban J connectivity index is 1.59. The van der Waals surface area contributed by atoms with Crippen LogP contribution in [0.4, 0.5) is 0 Å². The van der Waals surface area contributed by atoms with Crippen LogP contribution in [-0.4, -0.2) is 50.6 Å². The monoisotopic (exact) mass is 376 g/mol. The fraction of sp³-hybridized carbons (Fsp3) is 0.333. The Labute approximate surface area is 152 Å². The highest BCUT2D eigenvalue weighted by Gasteiger charge is 2.30. The number of fused-ring (bicyclic) bond motifs is 1. The van der Waals surface area contributed by atoms with E-state index < -0.39 is 16.0 Å². The lowest BCUT2D eigenvalue weighted by molar-refractivity contribution is -0.139. The number of amidine groups is 1. The molecule has 7 nitrogen and oxygen atoms in total. The molecule has 0 bridgehead atoms. The molecule has 138 valence electrons. The highest BCUT2D eigenvalue weighted by molar-refractivity contribution is 7.90. The molecule has 0 aliphatic carbocycles. The van der Waals surface area contributed by atoms with E-state index in [4.69, 9.17) is 9.47 Å². The molecular formula is C18H20N2O5S. The van der Waals surface area contributed by atoms with Crippen molar-refractivity contribution in [3.8, 4) is 5.75 Å². The van der Waals surface area contributed by atoms with Gasteiger partial charge in [0.05, 0.1) is 5.75 Å². The van der Waals surface area contributed by atoms with E-state index in [-0.39, 0.29) is 36.9 Å². The maximum Gasteiger partial charge on any atom is 0.342 e. The van der Waals surface area contributed by atoms with E-state index in [9.17, 15) is 13.2 Å². The summed E-state index contributed by atoms with van der Waals surface area (Å²) in [5.41, 5.74) is 2.31. The van der Waals surface area contributed by atoms with Gasteiger partial charge in [-0.3, -0.25) is 0 Å². The Morgan fingerprint density at radius 3 is 2.65 bits per heavy atom. The first-order chi connectivity index (χ1) is 12.3. The van der Waals surface area contributed by atoms with E-state index in [1.807, 2.05) is 32.0 Å². The second-order valence-electron chi connectivity index (χ2n) is 6.12. The third-order valence-electron chi connectivity index (χ3n) is 3.86. The highest BCUT2D eigenvalue weighted by atomic mass is 32.2. The first-order valence-corrected chi connectivity index (χ1v) is 9.81. The second kappa shape index (κ2) is 7.33. The van der Waals surface area contributed by atoms with E-state index in [0.29, 0.717) is 5.75 Å². The number of ether oxygens (including phenoxy) is 2. The third-order valence-corrected chi connectivity index (χ3v) is 5.01. The number of allylic oxidation sites excluding steroid dienone is 2. The van der Waals surface area contributed by atoms with E-state index >= 15 is 0 Å². The largest absolute Gasteiger partial charge is 0.490 e. The standard InChI is InChI=1S/C18H20N2O5S/c1-13-10-14(2)12-15(11-13)24-7-8-25-18(21)16-4-3-5-20-6-9-26(22,23)19-17(16)20/h3-5,10-12H,6-9H2,1-2H3. The lowest BCUT2D eigenvalue weighted by atomic mass is 10.1. The summed E-state index contributed by atoms with van der Waals surface area (Å²) in [6.07, 6.45) is 4.86. The topological polar surface area (TPSA) is 85.3 Å². The van der Waals surface area contributed by atoms with Crippen molar-refractivity contribution in [2.45, 2.75) is 13.8 Å². The molecule has 0 atom stereocenters. The van der Waals surface area contributed by atoms with Crippen LogP contribution in [0.3, 0.4) is 0 Å². The van der Waals surface area contributed by atoms with Crippen LogP contribution in [0.5, 0.6) is 5.75 Å². The number of hydrogen-bond donors (Lipinski definition) is 0. The van der Waals surface area contributed by atoms with Crippen LogP contribution in [0.25, 0.3) is 0 Å². The molecule has 0 N–H and O–H groups in total. The molecule has 8 heteroatoms. The van der Waals surface area contributed by atoms with Crippen LogP contribution in [0.1, 0.15) is 11.1 Å². The third kappa shape index (κ3) is 4.32. The Kier molecular flexibility index (Phi) is 5.13. The Morgan fingerprint density at radius 2 is 1.92 bits per heavy atom. The van der Waals surface area contributed by atoms with Crippen molar-refractivity contribution in [2.75, 3.05) is 25.5 Å². The molecule has 1 aromatic rings. The van der Waals surface area contributed by atoms with Gasteiger partial charge in [-0.15, -0.1) is 4.40 Å². The summed E-state index contributed by atoms with van der Waals surface area (Å²) in [7, 11) is -3.55. The van der Waals surface area contributed by atoms with Gasteiger partial charge >= 0.3 is 5.97 Å². The quantitative estimate of drug-likeness (QED) is 0.575. The summed E-state index contributed by atoms with van der Waals surface area (Å²) in [5, 5.41) is 0. The predicted octanol–water partition coefficient (Wildman–Crippen LogP) is 1.72. The molecule has 0 saturated carbocycles. The molecule has 26 heavy (non-hydrogen) atoms. The predicted molar refractivity (Wildman–Crippen MR) is 97.5 cm³/mol. The van der Waals surface area contributed by atoms with Gasteiger partial charge in [0.2, 0.25) is 0 Å². The number of benzene rings is 1. The number of sulfonamides is 1. The van der Waals surface area contributed by atoms with Crippen LogP contribution in [0.2, 0.25) is 0 Å². The molecule has 0 saturated heterocycles. The van der Waals surface area contributed by atoms with Gasteiger partial charge in [0.1, 0.15) is 24.5 Å². The van der Waals surface area contributed by atoms with Crippen molar-refractivity contribution in [2.24, 2.45) is 4.40 Å². The van der Waals surface area contributed by atoms with Crippen molar-refractivity contribution in [1.29, 1.82) is 0 Å². The minimum atomic E-state index is -3.55. The summed E-state index contributed by atoms with van der Waals surface area (Å²) in [4.78, 5) is 13.9. The van der Waals surface area contributed by atoms with Gasteiger partial charge in [-0.1, -0.05) is 6.07 Å². The zero-order valence-electron chi connectivity index (χ0n) is 14.6. The van der Waals surface area contributed by atoms with Crippen molar-refractivity contribution >= 4 is 21.8 Å². The fourth-order valence-corrected chi connectivity index (χ4v) is 3.75. The zero-order valence-corrected chi connectivity index (χ0v) is 15.5. The number of carbonyl (C=O) groups is 1. The number of hydrogen-bond acceptors (Lipinski definition) is 6. The molecule has 3 rings (SSSR count). The van der Waals surface area contributed by atoms with Crippen molar-refractivity contribution in [3.63, 3.8) is 0 Å². The molecule has 0 aromatic heterocycles. The van der Waals surface area contributed by atoms with Crippen molar-refractivity contribution in [1.82, 2.24) is 4.90 Å². The molecule has 0 unspecified atom stereocenters. The first-order valence-electron chi connectivity index (χ1n) is 8.20. The molecule has 0 radical (unpaired) electrons. The summed E-state index contributed by atoms with van der Waals surface area (Å²) in [5.74, 6) is 0.123. The van der Waals surface area contributed by atoms with Crippen LogP contribution < -0.4 is 4.74 Å². The molecule has 2 aliphatic heterocycles. The smallest absolute Gasteiger partial charge is 0.342 e. The van der Waals surface area contributed by atoms with E-state index in [0.717, 1.165) is 11.1 Å². The van der Waals surface area contributed by atoms with Gasteiger partial charge < -0.3 is 14.4 Å². The van der Waals surface area contributed by atoms with Gasteiger partial charge in [0.25, 0.3) is 10.0 Å². The highest BCUT2D eigenvalue weighted by Crippen LogP contribution is 2.19. The molecule has 2 aliphatic rings. The van der Waals surface area contributed by atoms with E-state index in [2.05, 4.69) is 4.40 Å². The van der Waals surface area contributed by atoms with Crippen molar-refractivity contribution in [3.05, 3.63) is 53.3 Å². The van der Waals surface area contributed by atoms with Gasteiger partial charge in [0, 0.05) is 12.7 Å². The average Bonchev–Trinajstić information content (AvgIpc) is 2.56. The van der Waals surface area contributed by atoms with Gasteiger partial charge in [0.15, 0.2) is 5.84 Å². The summed E-state index contributed by atoms with van der Waals surface area (Å²) in [6.45, 7) is 4.47. The van der Waals surface area contributed by atoms with E-state index in [1.54, 1.807) is 17.2 Å². The first kappa shape index (κ1) is 18.2.